The number of methoxy groups -OCH3 is 1. The van der Waals surface area contributed by atoms with E-state index < -0.39 is 60.0 Å². The van der Waals surface area contributed by atoms with Gasteiger partial charge in [-0.1, -0.05) is 54.6 Å². The Morgan fingerprint density at radius 2 is 1.83 bits per heavy atom. The van der Waals surface area contributed by atoms with E-state index in [4.69, 9.17) is 25.8 Å². The van der Waals surface area contributed by atoms with E-state index in [0.29, 0.717) is 5.56 Å². The van der Waals surface area contributed by atoms with E-state index in [1.807, 2.05) is 30.3 Å². The summed E-state index contributed by atoms with van der Waals surface area (Å²) in [7, 11) is 1.00. The molecule has 0 bridgehead atoms. The van der Waals surface area contributed by atoms with Crippen molar-refractivity contribution in [1.82, 2.24) is 19.5 Å². The molecule has 2 aliphatic rings. The number of carboxylic acids is 1. The monoisotopic (exact) mass is 584 g/mol. The van der Waals surface area contributed by atoms with E-state index in [0.717, 1.165) is 29.1 Å². The molecule has 2 aromatic heterocycles. The molecule has 1 saturated heterocycles. The van der Waals surface area contributed by atoms with Crippen molar-refractivity contribution in [3.05, 3.63) is 71.8 Å². The van der Waals surface area contributed by atoms with Gasteiger partial charge in [0.2, 0.25) is 11.2 Å². The van der Waals surface area contributed by atoms with Gasteiger partial charge in [-0.2, -0.15) is 9.97 Å². The van der Waals surface area contributed by atoms with E-state index in [1.165, 1.54) is 0 Å². The highest BCUT2D eigenvalue weighted by molar-refractivity contribution is 6.28. The van der Waals surface area contributed by atoms with Crippen LogP contribution in [0, 0.1) is 0 Å². The number of ether oxygens (including phenoxy) is 3. The van der Waals surface area contributed by atoms with E-state index in [1.54, 1.807) is 24.3 Å². The van der Waals surface area contributed by atoms with Crippen LogP contribution in [0.1, 0.15) is 11.8 Å². The highest BCUT2D eigenvalue weighted by Gasteiger charge is 2.80. The number of hydrogen-bond donors (Lipinski definition) is 3. The normalized spacial score (nSPS) is 26.3. The van der Waals surface area contributed by atoms with Gasteiger partial charge in [0.1, 0.15) is 12.2 Å². The summed E-state index contributed by atoms with van der Waals surface area (Å²) >= 11 is 5.81. The molecule has 0 spiro atoms. The maximum Gasteiger partial charge on any atom is 0.350 e. The second-order valence-electron chi connectivity index (χ2n) is 9.78. The number of aromatic nitrogens is 4. The Kier molecular flexibility index (Phi) is 6.41. The predicted molar refractivity (Wildman–Crippen MR) is 139 cm³/mol. The average Bonchev–Trinajstić information content (AvgIpc) is 3.20. The largest absolute Gasteiger partial charge is 0.492 e. The van der Waals surface area contributed by atoms with Crippen LogP contribution in [0.5, 0.6) is 5.88 Å². The van der Waals surface area contributed by atoms with E-state index in [-0.39, 0.29) is 16.4 Å². The summed E-state index contributed by atoms with van der Waals surface area (Å²) in [6, 6.07) is 16.3. The van der Waals surface area contributed by atoms with Crippen LogP contribution < -0.4 is 0 Å². The van der Waals surface area contributed by atoms with Crippen molar-refractivity contribution in [3.63, 3.8) is 0 Å². The average molecular weight is 585 g/mol. The quantitative estimate of drug-likeness (QED) is 0.158. The van der Waals surface area contributed by atoms with Crippen LogP contribution in [0.3, 0.4) is 0 Å². The molecule has 0 amide bonds. The van der Waals surface area contributed by atoms with Crippen molar-refractivity contribution in [2.24, 2.45) is 0 Å². The first-order valence-electron chi connectivity index (χ1n) is 12.3. The molecule has 6 rings (SSSR count). The molecule has 14 heteroatoms. The zero-order valence-corrected chi connectivity index (χ0v) is 22.0. The van der Waals surface area contributed by atoms with Gasteiger partial charge in [0.25, 0.3) is 5.60 Å². The molecule has 2 fully saturated rings. The Bertz CT molecular complexity index is 1650. The van der Waals surface area contributed by atoms with Crippen molar-refractivity contribution in [3.8, 4) is 17.0 Å². The van der Waals surface area contributed by atoms with Gasteiger partial charge >= 0.3 is 11.9 Å². The van der Waals surface area contributed by atoms with Crippen molar-refractivity contribution in [2.75, 3.05) is 7.11 Å². The molecule has 1 saturated carbocycles. The molecule has 2 aromatic carbocycles. The molecule has 212 valence electrons. The second-order valence-corrected chi connectivity index (χ2v) is 10.1. The summed E-state index contributed by atoms with van der Waals surface area (Å²) in [6.45, 7) is 0. The van der Waals surface area contributed by atoms with Gasteiger partial charge in [0.15, 0.2) is 29.2 Å². The predicted octanol–water partition coefficient (Wildman–Crippen LogP) is 2.46. The summed E-state index contributed by atoms with van der Waals surface area (Å²) in [5.74, 6) is -3.45. The zero-order chi connectivity index (χ0) is 29.1. The molecule has 3 heterocycles. The minimum Gasteiger partial charge on any atom is -0.492 e. The van der Waals surface area contributed by atoms with Crippen LogP contribution in [0.4, 0.5) is 4.39 Å². The fourth-order valence-corrected chi connectivity index (χ4v) is 5.35. The van der Waals surface area contributed by atoms with Gasteiger partial charge in [-0.15, -0.1) is 0 Å². The van der Waals surface area contributed by atoms with Crippen LogP contribution in [0.2, 0.25) is 5.28 Å². The molecule has 2 unspecified atom stereocenters. The molecular formula is C27H22ClFN4O8. The van der Waals surface area contributed by atoms with E-state index >= 15 is 4.39 Å². The number of nitrogens with zero attached hydrogens (tertiary/aromatic N) is 4. The second kappa shape index (κ2) is 9.73. The number of carbonyl (C=O) groups excluding carboxylic acids is 1. The molecular weight excluding hydrogens is 563 g/mol. The molecule has 41 heavy (non-hydrogen) atoms. The van der Waals surface area contributed by atoms with Gasteiger partial charge < -0.3 is 29.5 Å². The topological polar surface area (TPSA) is 166 Å². The Labute approximate surface area is 235 Å². The fourth-order valence-electron chi connectivity index (χ4n) is 5.19. The van der Waals surface area contributed by atoms with E-state index in [2.05, 4.69) is 15.0 Å². The third kappa shape index (κ3) is 4.20. The third-order valence-electron chi connectivity index (χ3n) is 7.41. The minimum absolute atomic E-state index is 0.0501. The van der Waals surface area contributed by atoms with Crippen molar-refractivity contribution >= 4 is 34.7 Å². The van der Waals surface area contributed by atoms with Crippen LogP contribution in [0.25, 0.3) is 22.3 Å². The van der Waals surface area contributed by atoms with Gasteiger partial charge in [-0.25, -0.2) is 19.0 Å². The van der Waals surface area contributed by atoms with Gasteiger partial charge in [-0.3, -0.25) is 4.57 Å². The highest BCUT2D eigenvalue weighted by atomic mass is 35.5. The van der Waals surface area contributed by atoms with Crippen LogP contribution in [-0.2, 0) is 30.2 Å². The fraction of sp³-hybridized carbons (Fsp3) is 0.296. The van der Waals surface area contributed by atoms with Gasteiger partial charge in [0, 0.05) is 6.42 Å². The van der Waals surface area contributed by atoms with E-state index in [9.17, 15) is 24.9 Å². The summed E-state index contributed by atoms with van der Waals surface area (Å²) in [5, 5.41) is 31.0. The van der Waals surface area contributed by atoms with Crippen LogP contribution in [-0.4, -0.2) is 83.5 Å². The lowest BCUT2D eigenvalue weighted by Crippen LogP contribution is -2.54. The summed E-state index contributed by atoms with van der Waals surface area (Å²) in [4.78, 5) is 36.9. The first kappa shape index (κ1) is 27.0. The summed E-state index contributed by atoms with van der Waals surface area (Å²) in [5.41, 5.74) is -2.80. The van der Waals surface area contributed by atoms with Crippen molar-refractivity contribution in [1.29, 1.82) is 0 Å². The first-order valence-corrected chi connectivity index (χ1v) is 12.7. The molecule has 3 N–H and O–H groups in total. The molecule has 0 radical (unpaired) electrons. The minimum atomic E-state index is -2.61. The number of rotatable bonds is 8. The number of aliphatic hydroxyl groups is 1. The lowest BCUT2D eigenvalue weighted by molar-refractivity contribution is -0.196. The standard InChI is InChI=1S/C27H22ClFN4O8/c1-39-24(37)26(23(35)36,11-13-7-9-15(10-8-13)14-5-3-2-4-6-14)41-19-18-27(19,38)17(29)22(40-18)33-12-30-16-20(33)31-25(28)32-21(16)34/h2-10,12,17-19,22,38H,11H2,1H3,(H,35,36)(H,31,32,34)/t17-,18-,19?,22-,26?,27+/m1/s1. The number of carboxylic acid groups (broad SMARTS) is 1. The number of imidazole rings is 1. The van der Waals surface area contributed by atoms with Crippen LogP contribution in [0.15, 0.2) is 60.9 Å². The number of esters is 1. The summed E-state index contributed by atoms with van der Waals surface area (Å²) in [6.07, 6.45) is -5.83. The van der Waals surface area contributed by atoms with Crippen LogP contribution >= 0.6 is 11.6 Å². The number of carbonyl (C=O) groups is 2. The summed E-state index contributed by atoms with van der Waals surface area (Å²) < 4.78 is 33.0. The Hall–Kier alpha value is -4.17. The lowest BCUT2D eigenvalue weighted by Gasteiger charge is -2.30. The zero-order valence-electron chi connectivity index (χ0n) is 21.2. The molecule has 1 aliphatic heterocycles. The number of aromatic hydroxyl groups is 1. The number of benzene rings is 2. The first-order chi connectivity index (χ1) is 19.6. The van der Waals surface area contributed by atoms with Gasteiger partial charge in [-0.05, 0) is 28.3 Å². The molecule has 6 atom stereocenters. The Morgan fingerprint density at radius 3 is 2.44 bits per heavy atom. The number of alkyl halides is 1. The number of fused-ring (bicyclic) bond motifs is 2. The van der Waals surface area contributed by atoms with Gasteiger partial charge in [0.05, 0.1) is 13.4 Å². The SMILES string of the molecule is COC(=O)C(Cc1ccc(-c2ccccc2)cc1)(OC1[C@H]2O[C@@H](n3cnc4c(O)nc(Cl)nc43)[C@@H](F)[C@@]12O)C(=O)O. The third-order valence-corrected chi connectivity index (χ3v) is 7.58. The van der Waals surface area contributed by atoms with Crippen molar-refractivity contribution < 1.29 is 43.5 Å². The maximum absolute atomic E-state index is 15.7. The number of hydrogen-bond acceptors (Lipinski definition) is 10. The Balaban J connectivity index is 1.26. The maximum atomic E-state index is 15.7. The Morgan fingerprint density at radius 1 is 1.15 bits per heavy atom. The molecule has 1 aliphatic carbocycles. The highest BCUT2D eigenvalue weighted by Crippen LogP contribution is 2.58. The molecule has 12 nitrogen and oxygen atoms in total. The van der Waals surface area contributed by atoms with Crippen molar-refractivity contribution in [2.45, 2.75) is 42.2 Å². The lowest BCUT2D eigenvalue weighted by atomic mass is 9.92. The smallest absolute Gasteiger partial charge is 0.350 e. The molecule has 4 aromatic rings. The number of aliphatic carboxylic acids is 1. The number of halogens is 2.